The van der Waals surface area contributed by atoms with E-state index in [1.54, 1.807) is 11.7 Å². The lowest BCUT2D eigenvalue weighted by Crippen LogP contribution is -2.45. The number of fused-ring (bicyclic) bond motifs is 1. The van der Waals surface area contributed by atoms with Gasteiger partial charge in [0.25, 0.3) is 0 Å². The molecule has 2 N–H and O–H groups in total. The summed E-state index contributed by atoms with van der Waals surface area (Å²) in [6.45, 7) is 1.79. The van der Waals surface area contributed by atoms with Crippen molar-refractivity contribution in [2.75, 3.05) is 27.2 Å². The van der Waals surface area contributed by atoms with Crippen LogP contribution in [0.3, 0.4) is 0 Å². The third-order valence-electron chi connectivity index (χ3n) is 4.40. The highest BCUT2D eigenvalue weighted by Crippen LogP contribution is 2.16. The molecule has 2 atom stereocenters. The molecule has 1 fully saturated rings. The van der Waals surface area contributed by atoms with E-state index in [2.05, 4.69) is 25.8 Å². The first-order valence-electron chi connectivity index (χ1n) is 8.06. The number of carbonyl (C=O) groups excluding carboxylic acids is 2. The lowest BCUT2D eigenvalue weighted by atomic mass is 10.0. The molecule has 0 unspecified atom stereocenters. The van der Waals surface area contributed by atoms with E-state index >= 15 is 0 Å². The molecule has 1 saturated heterocycles. The van der Waals surface area contributed by atoms with Crippen LogP contribution in [-0.2, 0) is 16.1 Å². The van der Waals surface area contributed by atoms with E-state index in [1.165, 1.54) is 0 Å². The van der Waals surface area contributed by atoms with E-state index < -0.39 is 0 Å². The van der Waals surface area contributed by atoms with Crippen LogP contribution in [0.4, 0.5) is 0 Å². The largest absolute Gasteiger partial charge is 0.359 e. The number of hydrogen-bond acceptors (Lipinski definition) is 5. The molecule has 0 saturated carbocycles. The molecule has 2 aromatic rings. The minimum atomic E-state index is -0.212. The van der Waals surface area contributed by atoms with E-state index in [-0.39, 0.29) is 23.8 Å². The van der Waals surface area contributed by atoms with Gasteiger partial charge in [-0.2, -0.15) is 0 Å². The van der Waals surface area contributed by atoms with Gasteiger partial charge in [-0.1, -0.05) is 17.3 Å². The topological polar surface area (TPSA) is 92.2 Å². The van der Waals surface area contributed by atoms with E-state index in [4.69, 9.17) is 0 Å². The lowest BCUT2D eigenvalue weighted by Gasteiger charge is -2.18. The molecule has 0 bridgehead atoms. The Bertz CT molecular complexity index is 743. The zero-order valence-corrected chi connectivity index (χ0v) is 13.9. The second kappa shape index (κ2) is 6.96. The maximum Gasteiger partial charge on any atom is 0.226 e. The van der Waals surface area contributed by atoms with Crippen molar-refractivity contribution in [3.8, 4) is 0 Å². The molecular weight excluding hydrogens is 308 g/mol. The van der Waals surface area contributed by atoms with E-state index in [9.17, 15) is 9.59 Å². The SMILES string of the molecule is CNC(=O)[C@@H]1CN(C)C[C@@H]1NC(=O)CCn1nnc2ccccc21. The Balaban J connectivity index is 1.58. The van der Waals surface area contributed by atoms with Crippen LogP contribution < -0.4 is 10.6 Å². The highest BCUT2D eigenvalue weighted by molar-refractivity contribution is 5.82. The van der Waals surface area contributed by atoms with Gasteiger partial charge in [-0.3, -0.25) is 9.59 Å². The van der Waals surface area contributed by atoms with Gasteiger partial charge in [-0.15, -0.1) is 5.10 Å². The summed E-state index contributed by atoms with van der Waals surface area (Å²) in [5.74, 6) is -0.327. The van der Waals surface area contributed by atoms with Gasteiger partial charge in [0.1, 0.15) is 5.52 Å². The fourth-order valence-electron chi connectivity index (χ4n) is 3.17. The highest BCUT2D eigenvalue weighted by atomic mass is 16.2. The zero-order valence-electron chi connectivity index (χ0n) is 13.9. The molecule has 3 rings (SSSR count). The molecular formula is C16H22N6O2. The zero-order chi connectivity index (χ0) is 17.1. The van der Waals surface area contributed by atoms with Gasteiger partial charge in [-0.05, 0) is 19.2 Å². The average molecular weight is 330 g/mol. The molecule has 8 heteroatoms. The molecule has 2 heterocycles. The Hall–Kier alpha value is -2.48. The Labute approximate surface area is 140 Å². The number of hydrogen-bond donors (Lipinski definition) is 2. The Morgan fingerprint density at radius 1 is 1.29 bits per heavy atom. The number of rotatable bonds is 5. The summed E-state index contributed by atoms with van der Waals surface area (Å²) in [7, 11) is 3.57. The van der Waals surface area contributed by atoms with E-state index in [1.807, 2.05) is 31.3 Å². The Kier molecular flexibility index (Phi) is 4.75. The van der Waals surface area contributed by atoms with Crippen molar-refractivity contribution < 1.29 is 9.59 Å². The van der Waals surface area contributed by atoms with Gasteiger partial charge in [0.05, 0.1) is 24.0 Å². The molecule has 2 amide bonds. The number of para-hydroxylation sites is 1. The van der Waals surface area contributed by atoms with Crippen LogP contribution in [0.1, 0.15) is 6.42 Å². The summed E-state index contributed by atoms with van der Waals surface area (Å²) in [6.07, 6.45) is 0.300. The average Bonchev–Trinajstić information content (AvgIpc) is 3.15. The first-order valence-corrected chi connectivity index (χ1v) is 8.06. The summed E-state index contributed by atoms with van der Waals surface area (Å²) in [4.78, 5) is 26.3. The molecule has 1 aromatic heterocycles. The number of nitrogens with one attached hydrogen (secondary N) is 2. The number of carbonyl (C=O) groups is 2. The molecule has 128 valence electrons. The maximum atomic E-state index is 12.3. The molecule has 1 aromatic carbocycles. The van der Waals surface area contributed by atoms with Crippen LogP contribution in [0.25, 0.3) is 11.0 Å². The van der Waals surface area contributed by atoms with E-state index in [0.717, 1.165) is 11.0 Å². The van der Waals surface area contributed by atoms with Crippen molar-refractivity contribution in [3.63, 3.8) is 0 Å². The van der Waals surface area contributed by atoms with Gasteiger partial charge in [0.2, 0.25) is 11.8 Å². The number of aryl methyl sites for hydroxylation is 1. The maximum absolute atomic E-state index is 12.3. The quantitative estimate of drug-likeness (QED) is 0.779. The van der Waals surface area contributed by atoms with Gasteiger partial charge >= 0.3 is 0 Å². The van der Waals surface area contributed by atoms with E-state index in [0.29, 0.717) is 26.1 Å². The van der Waals surface area contributed by atoms with Crippen LogP contribution in [0.5, 0.6) is 0 Å². The molecule has 0 aliphatic carbocycles. The number of likely N-dealkylation sites (tertiary alicyclic amines) is 1. The van der Waals surface area contributed by atoms with Crippen LogP contribution in [0, 0.1) is 5.92 Å². The predicted molar refractivity (Wildman–Crippen MR) is 89.1 cm³/mol. The number of benzene rings is 1. The van der Waals surface area contributed by atoms with Crippen molar-refractivity contribution in [1.82, 2.24) is 30.5 Å². The highest BCUT2D eigenvalue weighted by Gasteiger charge is 2.36. The number of aromatic nitrogens is 3. The smallest absolute Gasteiger partial charge is 0.226 e. The van der Waals surface area contributed by atoms with Crippen molar-refractivity contribution in [2.45, 2.75) is 19.0 Å². The number of nitrogens with zero attached hydrogens (tertiary/aromatic N) is 4. The summed E-state index contributed by atoms with van der Waals surface area (Å²) in [5, 5.41) is 13.8. The Morgan fingerprint density at radius 3 is 2.88 bits per heavy atom. The van der Waals surface area contributed by atoms with Gasteiger partial charge in [0.15, 0.2) is 0 Å². The molecule has 1 aliphatic rings. The fourth-order valence-corrected chi connectivity index (χ4v) is 3.17. The molecule has 0 spiro atoms. The molecule has 1 aliphatic heterocycles. The monoisotopic (exact) mass is 330 g/mol. The summed E-state index contributed by atoms with van der Waals surface area (Å²) >= 11 is 0. The molecule has 0 radical (unpaired) electrons. The van der Waals surface area contributed by atoms with Crippen LogP contribution >= 0.6 is 0 Å². The van der Waals surface area contributed by atoms with Crippen molar-refractivity contribution in [1.29, 1.82) is 0 Å². The second-order valence-corrected chi connectivity index (χ2v) is 6.17. The van der Waals surface area contributed by atoms with Crippen LogP contribution in [-0.4, -0.2) is 64.9 Å². The fraction of sp³-hybridized carbons (Fsp3) is 0.500. The summed E-state index contributed by atoms with van der Waals surface area (Å²) < 4.78 is 1.73. The van der Waals surface area contributed by atoms with Crippen LogP contribution in [0.2, 0.25) is 0 Å². The van der Waals surface area contributed by atoms with Gasteiger partial charge in [-0.25, -0.2) is 4.68 Å². The normalized spacial score (nSPS) is 21.1. The predicted octanol–water partition coefficient (Wildman–Crippen LogP) is -0.386. The second-order valence-electron chi connectivity index (χ2n) is 6.17. The van der Waals surface area contributed by atoms with Crippen molar-refractivity contribution >= 4 is 22.8 Å². The standard InChI is InChI=1S/C16H22N6O2/c1-17-16(24)11-9-21(2)10-13(11)18-15(23)7-8-22-14-6-4-3-5-12(14)19-20-22/h3-6,11,13H,7-10H2,1-2H3,(H,17,24)(H,18,23)/t11-,13+/m1/s1. The minimum absolute atomic E-state index is 0.0353. The third kappa shape index (κ3) is 3.38. The summed E-state index contributed by atoms with van der Waals surface area (Å²) in [6, 6.07) is 7.49. The first kappa shape index (κ1) is 16.4. The Morgan fingerprint density at radius 2 is 2.08 bits per heavy atom. The number of likely N-dealkylation sites (N-methyl/N-ethyl adjacent to an activating group) is 1. The van der Waals surface area contributed by atoms with Crippen molar-refractivity contribution in [3.05, 3.63) is 24.3 Å². The molecule has 24 heavy (non-hydrogen) atoms. The first-order chi connectivity index (χ1) is 11.6. The van der Waals surface area contributed by atoms with Gasteiger partial charge < -0.3 is 15.5 Å². The number of amides is 2. The van der Waals surface area contributed by atoms with Gasteiger partial charge in [0, 0.05) is 26.6 Å². The minimum Gasteiger partial charge on any atom is -0.359 e. The van der Waals surface area contributed by atoms with Crippen molar-refractivity contribution in [2.24, 2.45) is 5.92 Å². The van der Waals surface area contributed by atoms with Crippen LogP contribution in [0.15, 0.2) is 24.3 Å². The lowest BCUT2D eigenvalue weighted by molar-refractivity contribution is -0.126. The molecule has 8 nitrogen and oxygen atoms in total. The third-order valence-corrected chi connectivity index (χ3v) is 4.40. The summed E-state index contributed by atoms with van der Waals surface area (Å²) in [5.41, 5.74) is 1.73.